The molecule has 0 radical (unpaired) electrons. The maximum Gasteiger partial charge on any atom is 0.253 e. The number of hydrogen-bond donors (Lipinski definition) is 0. The lowest BCUT2D eigenvalue weighted by atomic mass is 10.2. The minimum atomic E-state index is 0.0720. The third kappa shape index (κ3) is 3.66. The second kappa shape index (κ2) is 7.01. The Kier molecular flexibility index (Phi) is 5.57. The van der Waals surface area contributed by atoms with E-state index in [9.17, 15) is 4.79 Å². The van der Waals surface area contributed by atoms with Crippen molar-refractivity contribution >= 4 is 5.91 Å². The van der Waals surface area contributed by atoms with Crippen LogP contribution in [0.1, 0.15) is 24.2 Å². The third-order valence-electron chi connectivity index (χ3n) is 2.40. The predicted octanol–water partition coefficient (Wildman–Crippen LogP) is 2.19. The van der Waals surface area contributed by atoms with E-state index < -0.39 is 0 Å². The number of carbonyl (C=O) groups is 1. The molecule has 1 rings (SSSR count). The minimum absolute atomic E-state index is 0.0720. The Labute approximate surface area is 97.0 Å². The Balaban J connectivity index is 2.56. The van der Waals surface area contributed by atoms with Gasteiger partial charge in [-0.25, -0.2) is 0 Å². The van der Waals surface area contributed by atoms with Crippen LogP contribution in [0.15, 0.2) is 30.3 Å². The quantitative estimate of drug-likeness (QED) is 0.689. The van der Waals surface area contributed by atoms with Crippen molar-refractivity contribution < 1.29 is 9.53 Å². The fourth-order valence-electron chi connectivity index (χ4n) is 1.49. The predicted molar refractivity (Wildman–Crippen MR) is 64.5 cm³/mol. The van der Waals surface area contributed by atoms with Gasteiger partial charge in [-0.1, -0.05) is 18.2 Å². The summed E-state index contributed by atoms with van der Waals surface area (Å²) in [5.41, 5.74) is 0.737. The van der Waals surface area contributed by atoms with E-state index in [1.54, 1.807) is 4.90 Å². The van der Waals surface area contributed by atoms with E-state index in [1.165, 1.54) is 0 Å². The zero-order valence-electron chi connectivity index (χ0n) is 9.98. The summed E-state index contributed by atoms with van der Waals surface area (Å²) in [6.45, 7) is 6.58. The molecule has 1 aromatic carbocycles. The summed E-state index contributed by atoms with van der Waals surface area (Å²) in [6, 6.07) is 9.35. The number of benzene rings is 1. The number of rotatable bonds is 6. The summed E-state index contributed by atoms with van der Waals surface area (Å²) >= 11 is 0. The fourth-order valence-corrected chi connectivity index (χ4v) is 1.49. The van der Waals surface area contributed by atoms with E-state index in [-0.39, 0.29) is 5.91 Å². The summed E-state index contributed by atoms with van der Waals surface area (Å²) in [4.78, 5) is 13.8. The van der Waals surface area contributed by atoms with Gasteiger partial charge in [0, 0.05) is 25.3 Å². The van der Waals surface area contributed by atoms with E-state index in [4.69, 9.17) is 4.74 Å². The second-order valence-corrected chi connectivity index (χ2v) is 3.45. The second-order valence-electron chi connectivity index (χ2n) is 3.45. The lowest BCUT2D eigenvalue weighted by molar-refractivity contribution is 0.0669. The van der Waals surface area contributed by atoms with Gasteiger partial charge in [-0.15, -0.1) is 0 Å². The van der Waals surface area contributed by atoms with Crippen LogP contribution in [0.5, 0.6) is 0 Å². The van der Waals surface area contributed by atoms with Crippen molar-refractivity contribution in [1.82, 2.24) is 4.90 Å². The van der Waals surface area contributed by atoms with Gasteiger partial charge in [-0.3, -0.25) is 4.79 Å². The highest BCUT2D eigenvalue weighted by atomic mass is 16.5. The summed E-state index contributed by atoms with van der Waals surface area (Å²) in [5.74, 6) is 0.0720. The SMILES string of the molecule is CCOCCN(CC)C(=O)c1ccccc1. The highest BCUT2D eigenvalue weighted by Crippen LogP contribution is 2.04. The van der Waals surface area contributed by atoms with Gasteiger partial charge < -0.3 is 9.64 Å². The smallest absolute Gasteiger partial charge is 0.253 e. The van der Waals surface area contributed by atoms with Crippen LogP contribution >= 0.6 is 0 Å². The zero-order chi connectivity index (χ0) is 11.8. The fraction of sp³-hybridized carbons (Fsp3) is 0.462. The number of hydrogen-bond acceptors (Lipinski definition) is 2. The Morgan fingerprint density at radius 1 is 1.25 bits per heavy atom. The first-order valence-corrected chi connectivity index (χ1v) is 5.71. The van der Waals surface area contributed by atoms with Crippen LogP contribution < -0.4 is 0 Å². The maximum absolute atomic E-state index is 12.0. The van der Waals surface area contributed by atoms with Gasteiger partial charge in [0.25, 0.3) is 5.91 Å². The Hall–Kier alpha value is -1.35. The molecule has 0 aromatic heterocycles. The number of ether oxygens (including phenoxy) is 1. The number of amides is 1. The standard InChI is InChI=1S/C13H19NO2/c1-3-14(10-11-16-4-2)13(15)12-8-6-5-7-9-12/h5-9H,3-4,10-11H2,1-2H3. The van der Waals surface area contributed by atoms with E-state index in [0.29, 0.717) is 26.3 Å². The molecule has 0 saturated carbocycles. The lowest BCUT2D eigenvalue weighted by Gasteiger charge is -2.20. The van der Waals surface area contributed by atoms with Crippen molar-refractivity contribution in [1.29, 1.82) is 0 Å². The van der Waals surface area contributed by atoms with Gasteiger partial charge in [0.15, 0.2) is 0 Å². The van der Waals surface area contributed by atoms with Gasteiger partial charge in [0.05, 0.1) is 6.61 Å². The summed E-state index contributed by atoms with van der Waals surface area (Å²) < 4.78 is 5.26. The molecular formula is C13H19NO2. The molecule has 0 aliphatic carbocycles. The van der Waals surface area contributed by atoms with Crippen molar-refractivity contribution in [3.8, 4) is 0 Å². The molecule has 1 amide bonds. The van der Waals surface area contributed by atoms with Crippen LogP contribution in [0.4, 0.5) is 0 Å². The van der Waals surface area contributed by atoms with Crippen molar-refractivity contribution in [3.05, 3.63) is 35.9 Å². The normalized spacial score (nSPS) is 10.1. The van der Waals surface area contributed by atoms with Gasteiger partial charge >= 0.3 is 0 Å². The molecule has 0 saturated heterocycles. The van der Waals surface area contributed by atoms with E-state index in [1.807, 2.05) is 44.2 Å². The molecule has 1 aromatic rings. The summed E-state index contributed by atoms with van der Waals surface area (Å²) in [5, 5.41) is 0. The molecule has 3 heteroatoms. The number of nitrogens with zero attached hydrogens (tertiary/aromatic N) is 1. The van der Waals surface area contributed by atoms with Crippen LogP contribution in [0.2, 0.25) is 0 Å². The molecule has 16 heavy (non-hydrogen) atoms. The zero-order valence-corrected chi connectivity index (χ0v) is 9.98. The first-order chi connectivity index (χ1) is 7.79. The molecule has 88 valence electrons. The Bertz CT molecular complexity index is 311. The molecule has 3 nitrogen and oxygen atoms in total. The monoisotopic (exact) mass is 221 g/mol. The van der Waals surface area contributed by atoms with Gasteiger partial charge in [-0.05, 0) is 26.0 Å². The van der Waals surface area contributed by atoms with E-state index in [2.05, 4.69) is 0 Å². The highest BCUT2D eigenvalue weighted by Gasteiger charge is 2.12. The van der Waals surface area contributed by atoms with E-state index >= 15 is 0 Å². The molecular weight excluding hydrogens is 202 g/mol. The van der Waals surface area contributed by atoms with Gasteiger partial charge in [0.2, 0.25) is 0 Å². The average Bonchev–Trinajstić information content (AvgIpc) is 2.35. The topological polar surface area (TPSA) is 29.5 Å². The van der Waals surface area contributed by atoms with Crippen molar-refractivity contribution in [2.45, 2.75) is 13.8 Å². The molecule has 0 unspecified atom stereocenters. The maximum atomic E-state index is 12.0. The molecule has 0 atom stereocenters. The first-order valence-electron chi connectivity index (χ1n) is 5.71. The third-order valence-corrected chi connectivity index (χ3v) is 2.40. The molecule has 0 aliphatic rings. The summed E-state index contributed by atoms with van der Waals surface area (Å²) in [6.07, 6.45) is 0. The summed E-state index contributed by atoms with van der Waals surface area (Å²) in [7, 11) is 0. The van der Waals surface area contributed by atoms with Gasteiger partial charge in [0.1, 0.15) is 0 Å². The van der Waals surface area contributed by atoms with Gasteiger partial charge in [-0.2, -0.15) is 0 Å². The highest BCUT2D eigenvalue weighted by molar-refractivity contribution is 5.94. The van der Waals surface area contributed by atoms with Crippen LogP contribution in [0.3, 0.4) is 0 Å². The molecule has 0 heterocycles. The Morgan fingerprint density at radius 3 is 2.50 bits per heavy atom. The van der Waals surface area contributed by atoms with Crippen molar-refractivity contribution in [2.24, 2.45) is 0 Å². The Morgan fingerprint density at radius 2 is 1.94 bits per heavy atom. The van der Waals surface area contributed by atoms with Crippen LogP contribution in [-0.2, 0) is 4.74 Å². The van der Waals surface area contributed by atoms with Crippen LogP contribution in [0.25, 0.3) is 0 Å². The molecule has 0 N–H and O–H groups in total. The molecule has 0 aliphatic heterocycles. The van der Waals surface area contributed by atoms with Crippen LogP contribution in [-0.4, -0.2) is 37.1 Å². The first kappa shape index (κ1) is 12.7. The van der Waals surface area contributed by atoms with Crippen LogP contribution in [0, 0.1) is 0 Å². The largest absolute Gasteiger partial charge is 0.380 e. The molecule has 0 bridgehead atoms. The minimum Gasteiger partial charge on any atom is -0.380 e. The number of likely N-dealkylation sites (N-methyl/N-ethyl adjacent to an activating group) is 1. The van der Waals surface area contributed by atoms with E-state index in [0.717, 1.165) is 5.56 Å². The molecule has 0 fully saturated rings. The average molecular weight is 221 g/mol. The number of carbonyl (C=O) groups excluding carboxylic acids is 1. The van der Waals surface area contributed by atoms with Crippen molar-refractivity contribution in [3.63, 3.8) is 0 Å². The lowest BCUT2D eigenvalue weighted by Crippen LogP contribution is -2.33. The molecule has 0 spiro atoms. The van der Waals surface area contributed by atoms with Crippen molar-refractivity contribution in [2.75, 3.05) is 26.3 Å².